The summed E-state index contributed by atoms with van der Waals surface area (Å²) in [5.74, 6) is -0.824. The van der Waals surface area contributed by atoms with Gasteiger partial charge in [-0.1, -0.05) is 0 Å². The van der Waals surface area contributed by atoms with E-state index in [1.807, 2.05) is 0 Å². The molecule has 0 aliphatic carbocycles. The molecule has 1 saturated heterocycles. The number of ether oxygens (including phenoxy) is 1. The Morgan fingerprint density at radius 1 is 1.60 bits per heavy atom. The molecule has 0 amide bonds. The van der Waals surface area contributed by atoms with Gasteiger partial charge in [0.2, 0.25) is 0 Å². The molecule has 0 bridgehead atoms. The fraction of sp³-hybridized carbons (Fsp3) is 0.667. The molecule has 0 N–H and O–H groups in total. The Labute approximate surface area is 74.2 Å². The number of cyclic esters (lactones) is 2. The van der Waals surface area contributed by atoms with Crippen LogP contribution < -0.4 is 0 Å². The molecule has 1 unspecified atom stereocenters. The molecular weight excluding hydrogens is 329 g/mol. The van der Waals surface area contributed by atoms with Crippen LogP contribution in [0.3, 0.4) is 0 Å². The van der Waals surface area contributed by atoms with Crippen molar-refractivity contribution < 1.29 is 14.3 Å². The molecule has 1 heterocycles. The Kier molecular flexibility index (Phi) is 2.79. The molecule has 1 atom stereocenters. The molecule has 0 saturated carbocycles. The molecule has 10 heavy (non-hydrogen) atoms. The van der Waals surface area contributed by atoms with Crippen LogP contribution in [0.2, 0.25) is 4.08 Å². The number of esters is 2. The summed E-state index contributed by atoms with van der Waals surface area (Å²) < 4.78 is 5.36. The summed E-state index contributed by atoms with van der Waals surface area (Å²) in [4.78, 5) is 21.2. The summed E-state index contributed by atoms with van der Waals surface area (Å²) in [7, 11) is 0. The predicted octanol–water partition coefficient (Wildman–Crippen LogP) is 0.0530. The fourth-order valence-corrected chi connectivity index (χ4v) is 1.99. The quantitative estimate of drug-likeness (QED) is 0.529. The van der Waals surface area contributed by atoms with Crippen LogP contribution in [0.15, 0.2) is 0 Å². The number of carbonyl (C=O) groups excluding carboxylic acids is 2. The summed E-state index contributed by atoms with van der Waals surface area (Å²) in [5, 5.41) is 0. The summed E-state index contributed by atoms with van der Waals surface area (Å²) in [5.41, 5.74) is 0. The average molecular weight is 336 g/mol. The van der Waals surface area contributed by atoms with Gasteiger partial charge in [-0.15, -0.1) is 0 Å². The third-order valence-electron chi connectivity index (χ3n) is 1.43. The van der Waals surface area contributed by atoms with Crippen molar-refractivity contribution in [3.63, 3.8) is 0 Å². The van der Waals surface area contributed by atoms with Gasteiger partial charge in [-0.25, -0.2) is 0 Å². The van der Waals surface area contributed by atoms with Gasteiger partial charge in [0, 0.05) is 0 Å². The molecule has 1 fully saturated rings. The standard InChI is InChI=1S/C6H7O3.Po/c1-2-4-3-5(7)9-6(4)8;/h4H,1-3H2;. The van der Waals surface area contributed by atoms with Crippen LogP contribution in [0, 0.1) is 5.92 Å². The monoisotopic (exact) mass is 336 g/mol. The van der Waals surface area contributed by atoms with Gasteiger partial charge in [-0.2, -0.15) is 0 Å². The summed E-state index contributed by atoms with van der Waals surface area (Å²) in [6, 6.07) is 0. The van der Waals surface area contributed by atoms with Crippen LogP contribution in [-0.2, 0) is 14.3 Å². The molecule has 4 heteroatoms. The van der Waals surface area contributed by atoms with Crippen LogP contribution in [0.25, 0.3) is 0 Å². The Balaban J connectivity index is 2.46. The number of hydrogen-bond acceptors (Lipinski definition) is 3. The zero-order valence-electron chi connectivity index (χ0n) is 5.33. The molecule has 1 rings (SSSR count). The van der Waals surface area contributed by atoms with Crippen molar-refractivity contribution in [1.29, 1.82) is 0 Å². The fourth-order valence-electron chi connectivity index (χ4n) is 0.884. The van der Waals surface area contributed by atoms with E-state index in [4.69, 9.17) is 0 Å². The van der Waals surface area contributed by atoms with E-state index in [1.54, 1.807) is 0 Å². The third-order valence-corrected chi connectivity index (χ3v) is 2.34. The maximum absolute atomic E-state index is 10.7. The zero-order valence-corrected chi connectivity index (χ0v) is 8.51. The average Bonchev–Trinajstić information content (AvgIpc) is 2.13. The van der Waals surface area contributed by atoms with Crippen LogP contribution in [0.1, 0.15) is 12.8 Å². The van der Waals surface area contributed by atoms with Crippen molar-refractivity contribution in [2.75, 3.05) is 0 Å². The van der Waals surface area contributed by atoms with E-state index in [1.165, 1.54) is 25.1 Å². The van der Waals surface area contributed by atoms with Crippen molar-refractivity contribution in [2.45, 2.75) is 16.9 Å². The second-order valence-corrected chi connectivity index (χ2v) is 3.77. The third kappa shape index (κ3) is 1.76. The van der Waals surface area contributed by atoms with Gasteiger partial charge in [0.1, 0.15) is 0 Å². The summed E-state index contributed by atoms with van der Waals surface area (Å²) in [6.07, 6.45) is 1.10. The van der Waals surface area contributed by atoms with Gasteiger partial charge in [-0.05, 0) is 0 Å². The van der Waals surface area contributed by atoms with E-state index in [9.17, 15) is 9.59 Å². The summed E-state index contributed by atoms with van der Waals surface area (Å²) >= 11 is 1.45. The van der Waals surface area contributed by atoms with Gasteiger partial charge in [0.05, 0.1) is 0 Å². The van der Waals surface area contributed by atoms with Crippen LogP contribution in [0.5, 0.6) is 0 Å². The molecule has 1 aliphatic heterocycles. The van der Waals surface area contributed by atoms with E-state index in [0.717, 1.165) is 10.5 Å². The molecule has 0 aromatic rings. The van der Waals surface area contributed by atoms with E-state index < -0.39 is 0 Å². The van der Waals surface area contributed by atoms with Crippen molar-refractivity contribution in [1.82, 2.24) is 0 Å². The number of hydrogen-bond donors (Lipinski definition) is 0. The first-order valence-corrected chi connectivity index (χ1v) is 5.31. The summed E-state index contributed by atoms with van der Waals surface area (Å²) in [6.45, 7) is 0. The van der Waals surface area contributed by atoms with Crippen molar-refractivity contribution in [3.05, 3.63) is 0 Å². The van der Waals surface area contributed by atoms with E-state index in [-0.39, 0.29) is 17.9 Å². The zero-order chi connectivity index (χ0) is 7.56. The van der Waals surface area contributed by atoms with E-state index in [2.05, 4.69) is 4.74 Å². The first-order valence-electron chi connectivity index (χ1n) is 3.06. The van der Waals surface area contributed by atoms with Crippen molar-refractivity contribution in [3.8, 4) is 0 Å². The molecule has 1 aliphatic rings. The minimum atomic E-state index is -0.363. The molecule has 0 aromatic carbocycles. The molecule has 0 spiro atoms. The first-order chi connectivity index (χ1) is 4.74. The second kappa shape index (κ2) is 3.43. The Morgan fingerprint density at radius 3 is 2.70 bits per heavy atom. The Morgan fingerprint density at radius 2 is 2.30 bits per heavy atom. The van der Waals surface area contributed by atoms with E-state index in [0.29, 0.717) is 6.42 Å². The topological polar surface area (TPSA) is 43.4 Å². The minimum absolute atomic E-state index is 0.134. The van der Waals surface area contributed by atoms with E-state index >= 15 is 0 Å². The predicted molar refractivity (Wildman–Crippen MR) is 34.4 cm³/mol. The van der Waals surface area contributed by atoms with Crippen LogP contribution in [-0.4, -0.2) is 37.0 Å². The maximum atomic E-state index is 10.7. The van der Waals surface area contributed by atoms with Crippen molar-refractivity contribution >= 4 is 37.0 Å². The first kappa shape index (κ1) is 8.14. The van der Waals surface area contributed by atoms with Gasteiger partial charge in [0.25, 0.3) is 0 Å². The van der Waals surface area contributed by atoms with Crippen LogP contribution >= 0.6 is 0 Å². The molecular formula is C6H7O3Po. The number of rotatable bonds is 2. The van der Waals surface area contributed by atoms with Crippen molar-refractivity contribution in [2.24, 2.45) is 5.92 Å². The SMILES string of the molecule is O=C1CC(C[CH2][Po])C(=O)O1. The molecule has 55 valence electrons. The normalized spacial score (nSPS) is 25.1. The molecule has 1 radical (unpaired) electrons. The molecule has 3 nitrogen and oxygen atoms in total. The molecule has 0 aromatic heterocycles. The van der Waals surface area contributed by atoms with Crippen LogP contribution in [0.4, 0.5) is 0 Å². The second-order valence-electron chi connectivity index (χ2n) is 2.19. The van der Waals surface area contributed by atoms with Gasteiger partial charge < -0.3 is 0 Å². The Hall–Kier alpha value is 0.0361. The van der Waals surface area contributed by atoms with Gasteiger partial charge in [-0.3, -0.25) is 0 Å². The Bertz CT molecular complexity index is 166. The van der Waals surface area contributed by atoms with Gasteiger partial charge in [0.15, 0.2) is 0 Å². The number of carbonyl (C=O) groups is 2. The van der Waals surface area contributed by atoms with Gasteiger partial charge >= 0.3 is 74.2 Å².